The average Bonchev–Trinajstić information content (AvgIpc) is 3.06. The summed E-state index contributed by atoms with van der Waals surface area (Å²) in [4.78, 5) is 11.3. The number of nitrogens with zero attached hydrogens (tertiary/aromatic N) is 1. The number of halogens is 1. The molecule has 1 aliphatic rings. The Morgan fingerprint density at radius 1 is 1.41 bits per heavy atom. The first-order valence-electron chi connectivity index (χ1n) is 6.16. The molecule has 0 radical (unpaired) electrons. The van der Waals surface area contributed by atoms with Gasteiger partial charge in [-0.2, -0.15) is 0 Å². The summed E-state index contributed by atoms with van der Waals surface area (Å²) in [7, 11) is 0. The highest BCUT2D eigenvalue weighted by molar-refractivity contribution is 9.10. The second-order valence-electron chi connectivity index (χ2n) is 4.48. The molecule has 0 saturated carbocycles. The number of rotatable bonds is 4. The summed E-state index contributed by atoms with van der Waals surface area (Å²) in [6.07, 6.45) is 0.698. The van der Waals surface area contributed by atoms with Crippen molar-refractivity contribution >= 4 is 55.9 Å². The number of carbonyl (C=O) groups is 1. The van der Waals surface area contributed by atoms with Crippen LogP contribution >= 0.6 is 27.3 Å². The van der Waals surface area contributed by atoms with Gasteiger partial charge in [-0.15, -0.1) is 11.3 Å². The Kier molecular flexibility index (Phi) is 4.22. The molecule has 1 unspecified atom stereocenters. The molecular formula is C13H10BrNO5S2. The van der Waals surface area contributed by atoms with E-state index < -0.39 is 17.2 Å². The maximum atomic E-state index is 11.9. The first-order chi connectivity index (χ1) is 10.5. The Balaban J connectivity index is 2.20. The molecule has 3 rings (SSSR count). The highest BCUT2D eigenvalue weighted by Gasteiger charge is 2.29. The maximum Gasteiger partial charge on any atom is 0.348 e. The van der Waals surface area contributed by atoms with E-state index in [0.29, 0.717) is 24.5 Å². The Morgan fingerprint density at radius 3 is 2.86 bits per heavy atom. The van der Waals surface area contributed by atoms with E-state index in [2.05, 4.69) is 15.9 Å². The van der Waals surface area contributed by atoms with Gasteiger partial charge >= 0.3 is 5.97 Å². The van der Waals surface area contributed by atoms with Crippen molar-refractivity contribution in [1.82, 2.24) is 0 Å². The minimum Gasteiger partial charge on any atom is -0.491 e. The number of thiophene rings is 1. The fourth-order valence-corrected chi connectivity index (χ4v) is 4.21. The third kappa shape index (κ3) is 2.65. The Labute approximate surface area is 140 Å². The Morgan fingerprint density at radius 2 is 2.18 bits per heavy atom. The van der Waals surface area contributed by atoms with Crippen LogP contribution in [0.25, 0.3) is 0 Å². The third-order valence-corrected chi connectivity index (χ3v) is 5.22. The van der Waals surface area contributed by atoms with Crippen molar-refractivity contribution in [1.29, 1.82) is 0 Å². The van der Waals surface area contributed by atoms with E-state index in [1.807, 2.05) is 6.07 Å². The molecule has 6 nitrogen and oxygen atoms in total. The number of benzene rings is 1. The Bertz CT molecular complexity index is 776. The highest BCUT2D eigenvalue weighted by Crippen LogP contribution is 2.44. The predicted molar refractivity (Wildman–Crippen MR) is 87.5 cm³/mol. The van der Waals surface area contributed by atoms with Gasteiger partial charge in [0.1, 0.15) is 16.3 Å². The van der Waals surface area contributed by atoms with Crippen molar-refractivity contribution in [3.63, 3.8) is 0 Å². The topological polar surface area (TPSA) is 87.1 Å². The molecule has 116 valence electrons. The zero-order chi connectivity index (χ0) is 15.9. The van der Waals surface area contributed by atoms with Crippen LogP contribution in [0.5, 0.6) is 5.75 Å². The molecule has 0 saturated heterocycles. The molecule has 0 fully saturated rings. The summed E-state index contributed by atoms with van der Waals surface area (Å²) < 4.78 is 28.9. The molecular weight excluding hydrogens is 394 g/mol. The lowest BCUT2D eigenvalue weighted by Crippen LogP contribution is -2.21. The van der Waals surface area contributed by atoms with Gasteiger partial charge < -0.3 is 9.84 Å². The van der Waals surface area contributed by atoms with Crippen LogP contribution in [0.3, 0.4) is 0 Å². The predicted octanol–water partition coefficient (Wildman–Crippen LogP) is 3.42. The summed E-state index contributed by atoms with van der Waals surface area (Å²) >= 11 is 1.93. The molecule has 2 aromatic rings. The second kappa shape index (κ2) is 5.99. The van der Waals surface area contributed by atoms with Gasteiger partial charge in [-0.1, -0.05) is 15.9 Å². The zero-order valence-corrected chi connectivity index (χ0v) is 14.2. The van der Waals surface area contributed by atoms with E-state index in [1.165, 1.54) is 6.07 Å². The lowest BCUT2D eigenvalue weighted by atomic mass is 10.1. The number of carboxylic acids is 1. The minimum absolute atomic E-state index is 0.00544. The lowest BCUT2D eigenvalue weighted by molar-refractivity contribution is 0.0703. The molecule has 0 bridgehead atoms. The molecule has 0 aliphatic carbocycles. The van der Waals surface area contributed by atoms with Crippen LogP contribution in [0.15, 0.2) is 28.1 Å². The first-order valence-corrected chi connectivity index (χ1v) is 8.89. The van der Waals surface area contributed by atoms with Crippen LogP contribution in [0, 0.1) is 0 Å². The van der Waals surface area contributed by atoms with Crippen molar-refractivity contribution in [3.05, 3.63) is 38.5 Å². The van der Waals surface area contributed by atoms with Crippen molar-refractivity contribution in [2.24, 2.45) is 0 Å². The van der Waals surface area contributed by atoms with E-state index in [-0.39, 0.29) is 10.6 Å². The molecule has 1 atom stereocenters. The fourth-order valence-electron chi connectivity index (χ4n) is 2.32. The van der Waals surface area contributed by atoms with Gasteiger partial charge in [0.25, 0.3) is 11.3 Å². The molecule has 2 heterocycles. The van der Waals surface area contributed by atoms with Crippen LogP contribution < -0.4 is 9.04 Å². The molecule has 22 heavy (non-hydrogen) atoms. The molecule has 0 amide bonds. The van der Waals surface area contributed by atoms with Gasteiger partial charge in [0.15, 0.2) is 0 Å². The monoisotopic (exact) mass is 403 g/mol. The van der Waals surface area contributed by atoms with Gasteiger partial charge in [0.05, 0.1) is 12.3 Å². The summed E-state index contributed by atoms with van der Waals surface area (Å²) in [5, 5.41) is 10.8. The number of ether oxygens (including phenoxy) is 1. The van der Waals surface area contributed by atoms with E-state index >= 15 is 0 Å². The minimum atomic E-state index is -2.44. The number of hydrogen-bond acceptors (Lipinski definition) is 4. The highest BCUT2D eigenvalue weighted by atomic mass is 79.9. The smallest absolute Gasteiger partial charge is 0.348 e. The van der Waals surface area contributed by atoms with E-state index in [0.717, 1.165) is 25.7 Å². The van der Waals surface area contributed by atoms with E-state index in [4.69, 9.17) is 4.74 Å². The number of aromatic carboxylic acids is 1. The van der Waals surface area contributed by atoms with Gasteiger partial charge in [0, 0.05) is 16.5 Å². The third-order valence-electron chi connectivity index (χ3n) is 3.16. The fraction of sp³-hybridized carbons (Fsp3) is 0.154. The molecule has 1 aromatic heterocycles. The van der Waals surface area contributed by atoms with Crippen molar-refractivity contribution in [2.45, 2.75) is 6.42 Å². The quantitative estimate of drug-likeness (QED) is 0.763. The van der Waals surface area contributed by atoms with Crippen LogP contribution in [-0.2, 0) is 17.7 Å². The summed E-state index contributed by atoms with van der Waals surface area (Å²) in [5.74, 6) is -0.638. The standard InChI is InChI=1S/C13H10BrNO5S2/c14-8-5-7-1-3-20-11(7)10(6-8)15(22(18)19)9-2-4-21-12(9)13(16)17/h2,4-6H,1,3H2,(H,16,17)(H,18,19). The van der Waals surface area contributed by atoms with Crippen LogP contribution in [0.2, 0.25) is 0 Å². The largest absolute Gasteiger partial charge is 0.491 e. The summed E-state index contributed by atoms with van der Waals surface area (Å²) in [6.45, 7) is 0.486. The maximum absolute atomic E-state index is 11.9. The molecule has 1 aliphatic heterocycles. The SMILES string of the molecule is O=C(O)c1sccc1N(c1cc(Br)cc2c1OCC2)S(=O)O. The molecule has 1 aromatic carbocycles. The molecule has 9 heteroatoms. The zero-order valence-electron chi connectivity index (χ0n) is 11.0. The van der Waals surface area contributed by atoms with Gasteiger partial charge in [-0.3, -0.25) is 4.55 Å². The van der Waals surface area contributed by atoms with Crippen LogP contribution in [0.4, 0.5) is 11.4 Å². The Hall–Kier alpha value is -1.42. The van der Waals surface area contributed by atoms with Gasteiger partial charge in [-0.05, 0) is 23.6 Å². The van der Waals surface area contributed by atoms with Crippen molar-refractivity contribution in [2.75, 3.05) is 10.9 Å². The summed E-state index contributed by atoms with van der Waals surface area (Å²) in [5.41, 5.74) is 1.43. The normalized spacial score (nSPS) is 14.3. The van der Waals surface area contributed by atoms with Crippen LogP contribution in [0.1, 0.15) is 15.2 Å². The van der Waals surface area contributed by atoms with Gasteiger partial charge in [0.2, 0.25) is 0 Å². The first kappa shape index (κ1) is 15.5. The van der Waals surface area contributed by atoms with E-state index in [9.17, 15) is 18.7 Å². The number of hydrogen-bond donors (Lipinski definition) is 2. The molecule has 2 N–H and O–H groups in total. The van der Waals surface area contributed by atoms with Crippen LogP contribution in [-0.4, -0.2) is 26.4 Å². The van der Waals surface area contributed by atoms with Crippen molar-refractivity contribution < 1.29 is 23.4 Å². The van der Waals surface area contributed by atoms with Crippen molar-refractivity contribution in [3.8, 4) is 5.75 Å². The number of anilines is 2. The number of carboxylic acid groups (broad SMARTS) is 1. The number of fused-ring (bicyclic) bond motifs is 1. The summed E-state index contributed by atoms with van der Waals surface area (Å²) in [6, 6.07) is 5.03. The lowest BCUT2D eigenvalue weighted by Gasteiger charge is -2.22. The second-order valence-corrected chi connectivity index (χ2v) is 7.14. The molecule has 0 spiro atoms. The average molecular weight is 404 g/mol. The van der Waals surface area contributed by atoms with E-state index in [1.54, 1.807) is 11.4 Å². The van der Waals surface area contributed by atoms with Gasteiger partial charge in [-0.25, -0.2) is 13.3 Å².